The Morgan fingerprint density at radius 1 is 0.257 bits per heavy atom. The van der Waals surface area contributed by atoms with Gasteiger partial charge in [0.2, 0.25) is 0 Å². The van der Waals surface area contributed by atoms with Crippen LogP contribution in [-0.4, -0.2) is 328 Å². The fourth-order valence-electron chi connectivity index (χ4n) is 16.3. The molecule has 30 atom stereocenters. The van der Waals surface area contributed by atoms with E-state index in [1.54, 1.807) is 171 Å². The Morgan fingerprint density at radius 3 is 0.705 bits per heavy atom. The van der Waals surface area contributed by atoms with Gasteiger partial charge in [-0.1, -0.05) is 83.0 Å². The standard InChI is InChI=1S/C72H102O27S6/c1-73-28-43-49-55(76-4)61(82-10)67(88-43)97-52-46-31-100-103-40-19-16-34-24-39-27-42-21-18-36(39)23-38-26-41(20-17-35(38)22-37(34)25-40)104-101-32-47-53(59(80-8)64(85-13)70(91-47)94-49)98-68-62(83-11)57(78-6)51(45(89-68)30-75-3)96-72-66(87-15)60(81-9)54(48(93-72)33-102-105-42)99-69-63(84-12)56(77-5)50(44(90-69)29-74-2)95-71(92-46)65(86-14)58(52)79-7/h16-21,25-27,43-72H,22-24,28-33H2,1-15H3/t43-,44-,45-,46-,47-,48-,49-,50-,51-,52-,53-,54-,55+,56+,57+,58+,59+,60+,61-,62-,63-,64-,65-,66-,67-,68-,69-,70-,71-,72-/m1/s1. The van der Waals surface area contributed by atoms with Crippen LogP contribution >= 0.6 is 64.8 Å². The summed E-state index contributed by atoms with van der Waals surface area (Å²) in [6, 6.07) is 20.4. The normalized spacial score (nSPS) is 41.1. The van der Waals surface area contributed by atoms with Gasteiger partial charge in [0.15, 0.2) is 37.7 Å². The van der Waals surface area contributed by atoms with Gasteiger partial charge in [0.05, 0.1) is 38.1 Å². The molecule has 33 heteroatoms. The quantitative estimate of drug-likeness (QED) is 0.0927. The third-order valence-electron chi connectivity index (χ3n) is 21.4. The lowest BCUT2D eigenvalue weighted by Gasteiger charge is -2.53. The van der Waals surface area contributed by atoms with Gasteiger partial charge in [-0.3, -0.25) is 0 Å². The highest BCUT2D eigenvalue weighted by Gasteiger charge is 2.61. The molecular formula is C72H102O27S6. The molecule has 19 aliphatic rings. The minimum atomic E-state index is -1.18. The highest BCUT2D eigenvalue weighted by molar-refractivity contribution is 8.77. The second kappa shape index (κ2) is 38.2. The van der Waals surface area contributed by atoms with Crippen molar-refractivity contribution in [2.75, 3.05) is 144 Å². The smallest absolute Gasteiger partial charge is 0.187 e. The molecule has 3 aromatic carbocycles. The minimum absolute atomic E-state index is 0.00798. The van der Waals surface area contributed by atoms with Crippen LogP contribution < -0.4 is 0 Å². The average Bonchev–Trinajstić information content (AvgIpc) is 1.27. The second-order valence-electron chi connectivity index (χ2n) is 27.1. The topological polar surface area (TPSA) is 249 Å². The third-order valence-corrected chi connectivity index (χ3v) is 28.5. The molecule has 0 unspecified atom stereocenters. The molecule has 105 heavy (non-hydrogen) atoms. The number of hydrogen-bond acceptors (Lipinski definition) is 33. The number of benzene rings is 3. The molecule has 0 aromatic heterocycles. The first-order valence-electron chi connectivity index (χ1n) is 35.2. The van der Waals surface area contributed by atoms with Crippen LogP contribution in [-0.2, 0) is 147 Å². The van der Waals surface area contributed by atoms with Crippen molar-refractivity contribution in [3.05, 3.63) is 88.0 Å². The number of rotatable bonds is 18. The van der Waals surface area contributed by atoms with Crippen LogP contribution in [0.5, 0.6) is 0 Å². The van der Waals surface area contributed by atoms with E-state index in [0.29, 0.717) is 36.5 Å². The molecule has 27 nitrogen and oxygen atoms in total. The van der Waals surface area contributed by atoms with Crippen molar-refractivity contribution in [3.8, 4) is 0 Å². The molecule has 6 fully saturated rings. The highest BCUT2D eigenvalue weighted by atomic mass is 33.1. The van der Waals surface area contributed by atoms with E-state index in [-0.39, 0.29) is 19.8 Å². The molecule has 0 radical (unpaired) electrons. The first-order valence-corrected chi connectivity index (χ1v) is 42.2. The van der Waals surface area contributed by atoms with Crippen molar-refractivity contribution in [1.82, 2.24) is 0 Å². The Bertz CT molecular complexity index is 2910. The van der Waals surface area contributed by atoms with E-state index in [2.05, 4.69) is 54.6 Å². The van der Waals surface area contributed by atoms with Crippen LogP contribution in [0.2, 0.25) is 0 Å². The molecule has 1 aliphatic carbocycles. The van der Waals surface area contributed by atoms with Gasteiger partial charge in [0, 0.05) is 139 Å². The third kappa shape index (κ3) is 17.4. The summed E-state index contributed by atoms with van der Waals surface area (Å²) in [5.74, 6) is 0.994. The predicted molar refractivity (Wildman–Crippen MR) is 389 cm³/mol. The molecule has 22 rings (SSSR count). The van der Waals surface area contributed by atoms with Gasteiger partial charge in [-0.2, -0.15) is 0 Å². The van der Waals surface area contributed by atoms with Gasteiger partial charge in [0.25, 0.3) is 0 Å². The summed E-state index contributed by atoms with van der Waals surface area (Å²) in [5.41, 5.74) is 7.32. The summed E-state index contributed by atoms with van der Waals surface area (Å²) >= 11 is 0. The highest BCUT2D eigenvalue weighted by Crippen LogP contribution is 2.47. The Hall–Kier alpha value is -1.32. The average molecular weight is 1590 g/mol. The first-order chi connectivity index (χ1) is 51.3. The zero-order chi connectivity index (χ0) is 73.6. The van der Waals surface area contributed by atoms with Crippen molar-refractivity contribution in [3.63, 3.8) is 0 Å². The molecule has 0 N–H and O–H groups in total. The monoisotopic (exact) mass is 1590 g/mol. The minimum Gasteiger partial charge on any atom is -0.382 e. The Balaban J connectivity index is 1.03. The predicted octanol–water partition coefficient (Wildman–Crippen LogP) is 6.81. The summed E-state index contributed by atoms with van der Waals surface area (Å²) in [6.07, 6.45) is -27.1. The SMILES string of the molecule is COC[C@H]1O[C@@H]2O[C@H]3[C@H](OC)[C@@H](OC)[C@H]4O[C@H]5[C@H](OC)[C@@H](OC)[C@@H](O[C@H]6[C@H](OC)[C@@H](OC)[C@H]7O[C@H]8[C@H](OC)[C@@H](OC)[C@@H](O[C@H]9[C@H](OC)[C@@H](OC)[C@@H](O[C@H]1[C@H](OC)[C@H]2OC)O[C@@H]9CSSc1ccc2c(c1)Cc1ccc(cc1Cc1ccc(cc1C2)SSC[C@H]3O4)SSC[C@H]6O7)O[C@@H]8COC)O[C@@H]5COC. The molecule has 18 aliphatic heterocycles. The van der Waals surface area contributed by atoms with Crippen LogP contribution in [0, 0.1) is 0 Å². The van der Waals surface area contributed by atoms with Gasteiger partial charge < -0.3 is 128 Å². The van der Waals surface area contributed by atoms with Crippen LogP contribution in [0.25, 0.3) is 0 Å². The van der Waals surface area contributed by atoms with E-state index in [4.69, 9.17) is 128 Å². The van der Waals surface area contributed by atoms with Gasteiger partial charge in [-0.25, -0.2) is 0 Å². The lowest BCUT2D eigenvalue weighted by molar-refractivity contribution is -0.406. The second-order valence-corrected chi connectivity index (χ2v) is 34.3. The Kier molecular flexibility index (Phi) is 29.7. The number of hydrogen-bond donors (Lipinski definition) is 0. The Morgan fingerprint density at radius 2 is 0.476 bits per heavy atom. The largest absolute Gasteiger partial charge is 0.382 e. The zero-order valence-corrected chi connectivity index (χ0v) is 66.8. The van der Waals surface area contributed by atoms with Gasteiger partial charge in [-0.15, -0.1) is 0 Å². The fourth-order valence-corrected chi connectivity index (χ4v) is 23.1. The maximum atomic E-state index is 7.39. The summed E-state index contributed by atoms with van der Waals surface area (Å²) in [6.45, 7) is 0.0239. The van der Waals surface area contributed by atoms with Crippen LogP contribution in [0.3, 0.4) is 0 Å². The molecule has 0 saturated carbocycles. The van der Waals surface area contributed by atoms with E-state index < -0.39 is 184 Å². The molecule has 21 bridgehead atoms. The molecule has 0 spiro atoms. The summed E-state index contributed by atoms with van der Waals surface area (Å²) in [5, 5.41) is 0. The summed E-state index contributed by atoms with van der Waals surface area (Å²) in [7, 11) is 33.5. The van der Waals surface area contributed by atoms with Crippen molar-refractivity contribution in [1.29, 1.82) is 0 Å². The number of ether oxygens (including phenoxy) is 27. The fraction of sp³-hybridized carbons (Fsp3) is 0.750. The number of methoxy groups -OCH3 is 15. The van der Waals surface area contributed by atoms with Gasteiger partial charge in [0.1, 0.15) is 128 Å². The molecule has 3 aromatic rings. The maximum absolute atomic E-state index is 7.39. The molecule has 18 heterocycles. The van der Waals surface area contributed by atoms with E-state index >= 15 is 0 Å². The molecule has 6 saturated heterocycles. The maximum Gasteiger partial charge on any atom is 0.187 e. The van der Waals surface area contributed by atoms with E-state index in [1.165, 1.54) is 33.4 Å². The van der Waals surface area contributed by atoms with Crippen LogP contribution in [0.15, 0.2) is 69.3 Å². The van der Waals surface area contributed by atoms with Crippen LogP contribution in [0.1, 0.15) is 33.4 Å². The van der Waals surface area contributed by atoms with Gasteiger partial charge >= 0.3 is 0 Å². The van der Waals surface area contributed by atoms with E-state index in [1.807, 2.05) is 0 Å². The zero-order valence-electron chi connectivity index (χ0n) is 61.9. The molecular weight excluding hydrogens is 1490 g/mol. The molecule has 588 valence electrons. The lowest BCUT2D eigenvalue weighted by Crippen LogP contribution is -2.70. The Labute approximate surface area is 638 Å². The van der Waals surface area contributed by atoms with Crippen molar-refractivity contribution in [2.45, 2.75) is 218 Å². The van der Waals surface area contributed by atoms with E-state index in [9.17, 15) is 0 Å². The van der Waals surface area contributed by atoms with Gasteiger partial charge in [-0.05, 0) is 89.0 Å². The summed E-state index contributed by atoms with van der Waals surface area (Å²) in [4.78, 5) is 3.16. The van der Waals surface area contributed by atoms with Crippen molar-refractivity contribution in [2.24, 2.45) is 0 Å². The first kappa shape index (κ1) is 81.7. The van der Waals surface area contributed by atoms with Crippen LogP contribution in [0.4, 0.5) is 0 Å². The lowest BCUT2D eigenvalue weighted by atomic mass is 9.94. The molecule has 0 amide bonds. The van der Waals surface area contributed by atoms with Crippen molar-refractivity contribution < 1.29 is 128 Å². The summed E-state index contributed by atoms with van der Waals surface area (Å²) < 4.78 is 184. The van der Waals surface area contributed by atoms with Crippen molar-refractivity contribution >= 4 is 64.8 Å². The van der Waals surface area contributed by atoms with E-state index in [0.717, 1.165) is 14.7 Å².